The molecule has 0 aromatic rings. The van der Waals surface area contributed by atoms with Crippen LogP contribution in [0.5, 0.6) is 0 Å². The molecule has 3 fully saturated rings. The summed E-state index contributed by atoms with van der Waals surface area (Å²) in [4.78, 5) is 0. The maximum atomic E-state index is 10.8. The average Bonchev–Trinajstić information content (AvgIpc) is 2.75. The third-order valence-corrected chi connectivity index (χ3v) is 6.01. The van der Waals surface area contributed by atoms with Crippen molar-refractivity contribution in [1.82, 2.24) is 0 Å². The van der Waals surface area contributed by atoms with E-state index < -0.39 is 98.7 Å². The standard InChI is InChI=1S/C18H32O14/c1-4-7(20)9(22)11(24)17(29-4)31-14-5(2)28-16(27)15(13(14)26)32-18-12(25)10(23)8(21)6(3-19)30-18/h4-27H,3H2,1-2H3/t4-,5-,6-,7-,8-,9+,10+,11-,12-,13+,14-,15-,16-,17+,18+/m0/s1. The van der Waals surface area contributed by atoms with Gasteiger partial charge in [-0.25, -0.2) is 0 Å². The highest BCUT2D eigenvalue weighted by Crippen LogP contribution is 2.32. The van der Waals surface area contributed by atoms with Crippen molar-refractivity contribution in [3.8, 4) is 0 Å². The van der Waals surface area contributed by atoms with Gasteiger partial charge in [0.15, 0.2) is 18.9 Å². The van der Waals surface area contributed by atoms with Crippen molar-refractivity contribution in [3.05, 3.63) is 0 Å². The molecule has 15 atom stereocenters. The minimum absolute atomic E-state index is 0.705. The molecule has 3 saturated heterocycles. The first kappa shape index (κ1) is 26.1. The summed E-state index contributed by atoms with van der Waals surface area (Å²) in [5.74, 6) is 0. The second-order valence-electron chi connectivity index (χ2n) is 8.30. The third kappa shape index (κ3) is 4.94. The van der Waals surface area contributed by atoms with Gasteiger partial charge in [0.25, 0.3) is 0 Å². The molecule has 0 amide bonds. The first-order valence-electron chi connectivity index (χ1n) is 10.3. The minimum atomic E-state index is -1.79. The maximum Gasteiger partial charge on any atom is 0.187 e. The number of rotatable bonds is 5. The van der Waals surface area contributed by atoms with E-state index in [0.717, 1.165) is 0 Å². The molecule has 188 valence electrons. The molecule has 0 aliphatic carbocycles. The van der Waals surface area contributed by atoms with Crippen molar-refractivity contribution in [1.29, 1.82) is 0 Å². The number of ether oxygens (including phenoxy) is 5. The lowest BCUT2D eigenvalue weighted by molar-refractivity contribution is -0.378. The number of aliphatic hydroxyl groups is 9. The van der Waals surface area contributed by atoms with E-state index >= 15 is 0 Å². The van der Waals surface area contributed by atoms with E-state index in [0.29, 0.717) is 0 Å². The fourth-order valence-electron chi connectivity index (χ4n) is 3.96. The SMILES string of the molecule is C[C@@H]1O[C@H](O[C@@H]2[C@@H](O)[C@H](O[C@H]3O[C@@H](CO)[C@H](O)[C@@H](O)[C@@H]3O)[C@@H](O)O[C@H]2C)[C@@H](O)[C@H](O)[C@H]1O. The highest BCUT2D eigenvalue weighted by molar-refractivity contribution is 4.94. The van der Waals surface area contributed by atoms with Gasteiger partial charge in [0.05, 0.1) is 18.8 Å². The molecule has 3 aliphatic heterocycles. The number of aliphatic hydroxyl groups excluding tert-OH is 9. The fraction of sp³-hybridized carbons (Fsp3) is 1.00. The lowest BCUT2D eigenvalue weighted by Crippen LogP contribution is -2.65. The topological polar surface area (TPSA) is 228 Å². The van der Waals surface area contributed by atoms with Crippen LogP contribution in [0.15, 0.2) is 0 Å². The van der Waals surface area contributed by atoms with E-state index in [-0.39, 0.29) is 0 Å². The molecule has 0 spiro atoms. The van der Waals surface area contributed by atoms with Crippen LogP contribution in [0.25, 0.3) is 0 Å². The van der Waals surface area contributed by atoms with E-state index in [4.69, 9.17) is 23.7 Å². The van der Waals surface area contributed by atoms with Crippen molar-refractivity contribution in [2.45, 2.75) is 106 Å². The van der Waals surface area contributed by atoms with Crippen LogP contribution in [0.2, 0.25) is 0 Å². The summed E-state index contributed by atoms with van der Waals surface area (Å²) >= 11 is 0. The molecule has 9 N–H and O–H groups in total. The molecule has 14 nitrogen and oxygen atoms in total. The van der Waals surface area contributed by atoms with Crippen LogP contribution in [0.3, 0.4) is 0 Å². The van der Waals surface area contributed by atoms with Gasteiger partial charge in [-0.15, -0.1) is 0 Å². The average molecular weight is 472 g/mol. The summed E-state index contributed by atoms with van der Waals surface area (Å²) in [5.41, 5.74) is 0. The van der Waals surface area contributed by atoms with Crippen molar-refractivity contribution < 1.29 is 69.6 Å². The predicted molar refractivity (Wildman–Crippen MR) is 98.4 cm³/mol. The van der Waals surface area contributed by atoms with Crippen LogP contribution < -0.4 is 0 Å². The summed E-state index contributed by atoms with van der Waals surface area (Å²) in [6.07, 6.45) is -22.2. The van der Waals surface area contributed by atoms with E-state index in [1.54, 1.807) is 0 Å². The Morgan fingerprint density at radius 1 is 0.562 bits per heavy atom. The predicted octanol–water partition coefficient (Wildman–Crippen LogP) is -5.52. The highest BCUT2D eigenvalue weighted by atomic mass is 16.7. The molecule has 0 aromatic carbocycles. The highest BCUT2D eigenvalue weighted by Gasteiger charge is 2.52. The Bertz CT molecular complexity index is 608. The first-order valence-corrected chi connectivity index (χ1v) is 10.3. The van der Waals surface area contributed by atoms with E-state index in [1.165, 1.54) is 13.8 Å². The fourth-order valence-corrected chi connectivity index (χ4v) is 3.96. The van der Waals surface area contributed by atoms with Crippen molar-refractivity contribution in [2.24, 2.45) is 0 Å². The molecule has 0 saturated carbocycles. The molecule has 0 radical (unpaired) electrons. The molecule has 0 unspecified atom stereocenters. The Hall–Kier alpha value is -0.560. The van der Waals surface area contributed by atoms with Crippen molar-refractivity contribution in [3.63, 3.8) is 0 Å². The Morgan fingerprint density at radius 3 is 1.69 bits per heavy atom. The Kier molecular flexibility index (Phi) is 8.44. The van der Waals surface area contributed by atoms with Crippen LogP contribution in [-0.2, 0) is 23.7 Å². The normalized spacial score (nSPS) is 55.0. The molecule has 0 bridgehead atoms. The molecule has 3 aliphatic rings. The minimum Gasteiger partial charge on any atom is -0.394 e. The molecular weight excluding hydrogens is 440 g/mol. The van der Waals surface area contributed by atoms with Crippen LogP contribution in [-0.4, -0.2) is 145 Å². The molecular formula is C18H32O14. The molecule has 3 rings (SSSR count). The van der Waals surface area contributed by atoms with Crippen LogP contribution in [0, 0.1) is 0 Å². The zero-order valence-electron chi connectivity index (χ0n) is 17.4. The maximum absolute atomic E-state index is 10.8. The summed E-state index contributed by atoms with van der Waals surface area (Å²) in [6, 6.07) is 0. The Balaban J connectivity index is 1.71. The molecule has 32 heavy (non-hydrogen) atoms. The third-order valence-electron chi connectivity index (χ3n) is 6.01. The van der Waals surface area contributed by atoms with E-state index in [2.05, 4.69) is 0 Å². The monoisotopic (exact) mass is 472 g/mol. The summed E-state index contributed by atoms with van der Waals surface area (Å²) in [6.45, 7) is 2.19. The largest absolute Gasteiger partial charge is 0.394 e. The number of hydrogen-bond acceptors (Lipinski definition) is 14. The lowest BCUT2D eigenvalue weighted by atomic mass is 9.96. The van der Waals surface area contributed by atoms with Gasteiger partial charge in [0, 0.05) is 0 Å². The summed E-state index contributed by atoms with van der Waals surface area (Å²) < 4.78 is 26.9. The van der Waals surface area contributed by atoms with E-state index in [1.807, 2.05) is 0 Å². The number of hydrogen-bond donors (Lipinski definition) is 9. The Labute approximate surface area is 183 Å². The second kappa shape index (κ2) is 10.4. The Morgan fingerprint density at radius 2 is 1.09 bits per heavy atom. The lowest BCUT2D eigenvalue weighted by Gasteiger charge is -2.47. The van der Waals surface area contributed by atoms with Gasteiger partial charge in [-0.2, -0.15) is 0 Å². The van der Waals surface area contributed by atoms with Crippen molar-refractivity contribution >= 4 is 0 Å². The molecule has 14 heteroatoms. The molecule has 0 aromatic heterocycles. The molecule has 3 heterocycles. The van der Waals surface area contributed by atoms with Crippen LogP contribution in [0.4, 0.5) is 0 Å². The smallest absolute Gasteiger partial charge is 0.187 e. The van der Waals surface area contributed by atoms with Gasteiger partial charge < -0.3 is 69.6 Å². The van der Waals surface area contributed by atoms with Crippen LogP contribution in [0.1, 0.15) is 13.8 Å². The van der Waals surface area contributed by atoms with Gasteiger partial charge in [-0.3, -0.25) is 0 Å². The van der Waals surface area contributed by atoms with Gasteiger partial charge in [0.1, 0.15) is 61.0 Å². The summed E-state index contributed by atoms with van der Waals surface area (Å²) in [5, 5.41) is 90.1. The van der Waals surface area contributed by atoms with Gasteiger partial charge in [-0.1, -0.05) is 0 Å². The zero-order chi connectivity index (χ0) is 23.9. The quantitative estimate of drug-likeness (QED) is 0.182. The van der Waals surface area contributed by atoms with Crippen molar-refractivity contribution in [2.75, 3.05) is 6.61 Å². The van der Waals surface area contributed by atoms with Gasteiger partial charge >= 0.3 is 0 Å². The van der Waals surface area contributed by atoms with Crippen LogP contribution >= 0.6 is 0 Å². The van der Waals surface area contributed by atoms with E-state index in [9.17, 15) is 46.0 Å². The van der Waals surface area contributed by atoms with Gasteiger partial charge in [0.2, 0.25) is 0 Å². The zero-order valence-corrected chi connectivity index (χ0v) is 17.4. The summed E-state index contributed by atoms with van der Waals surface area (Å²) in [7, 11) is 0. The van der Waals surface area contributed by atoms with Gasteiger partial charge in [-0.05, 0) is 13.8 Å². The second-order valence-corrected chi connectivity index (χ2v) is 8.30. The first-order chi connectivity index (χ1) is 15.0.